The lowest BCUT2D eigenvalue weighted by Crippen LogP contribution is -2.08. The van der Waals surface area contributed by atoms with Crippen LogP contribution in [0, 0.1) is 0 Å². The second-order valence-corrected chi connectivity index (χ2v) is 5.50. The number of rotatable bonds is 8. The van der Waals surface area contributed by atoms with Gasteiger partial charge in [0.2, 0.25) is 0 Å². The summed E-state index contributed by atoms with van der Waals surface area (Å²) in [5.41, 5.74) is 0.467. The molecule has 0 bridgehead atoms. The summed E-state index contributed by atoms with van der Waals surface area (Å²) in [6.07, 6.45) is 0.211. The zero-order valence-corrected chi connectivity index (χ0v) is 13.0. The Morgan fingerprint density at radius 1 is 1.26 bits per heavy atom. The van der Waals surface area contributed by atoms with Gasteiger partial charge in [0.1, 0.15) is 5.75 Å². The van der Waals surface area contributed by atoms with Crippen LogP contribution in [0.25, 0.3) is 0 Å². The van der Waals surface area contributed by atoms with Crippen LogP contribution in [0.4, 0.5) is 0 Å². The number of ether oxygens (including phenoxy) is 1. The van der Waals surface area contributed by atoms with E-state index in [0.29, 0.717) is 29.5 Å². The minimum atomic E-state index is -1.19. The number of ketones is 1. The van der Waals surface area contributed by atoms with E-state index in [1.807, 2.05) is 13.8 Å². The van der Waals surface area contributed by atoms with Crippen LogP contribution in [0.1, 0.15) is 24.2 Å². The lowest BCUT2D eigenvalue weighted by molar-refractivity contribution is 0.101. The highest BCUT2D eigenvalue weighted by molar-refractivity contribution is 7.48. The van der Waals surface area contributed by atoms with Crippen molar-refractivity contribution >= 4 is 25.8 Å². The van der Waals surface area contributed by atoms with Gasteiger partial charge in [-0.3, -0.25) is 4.79 Å². The van der Waals surface area contributed by atoms with E-state index in [2.05, 4.69) is 0 Å². The molecule has 0 amide bonds. The first kappa shape index (κ1) is 16.4. The molecule has 0 heterocycles. The van der Waals surface area contributed by atoms with Crippen molar-refractivity contribution in [1.82, 2.24) is 0 Å². The average molecular weight is 305 g/mol. The van der Waals surface area contributed by atoms with E-state index in [1.165, 1.54) is 0 Å². The molecule has 0 atom stereocenters. The molecule has 0 N–H and O–H groups in total. The summed E-state index contributed by atoms with van der Waals surface area (Å²) in [6, 6.07) is 5.00. The second-order valence-electron chi connectivity index (χ2n) is 3.60. The van der Waals surface area contributed by atoms with Gasteiger partial charge >= 0.3 is 0 Å². The predicted molar refractivity (Wildman–Crippen MR) is 77.4 cm³/mol. The van der Waals surface area contributed by atoms with Gasteiger partial charge in [-0.15, -0.1) is 0 Å². The molecule has 0 fully saturated rings. The van der Waals surface area contributed by atoms with Crippen molar-refractivity contribution in [2.24, 2.45) is 0 Å². The fraction of sp³-hybridized carbons (Fsp3) is 0.462. The Balaban J connectivity index is 2.76. The zero-order valence-electron chi connectivity index (χ0n) is 11.3. The quantitative estimate of drug-likeness (QED) is 0.539. The molecule has 1 aromatic rings. The molecule has 0 saturated heterocycles. The van der Waals surface area contributed by atoms with Crippen molar-refractivity contribution in [2.75, 3.05) is 26.5 Å². The largest absolute Gasteiger partial charge is 0.497 e. The fourth-order valence-corrected chi connectivity index (χ4v) is 2.98. The first-order valence-electron chi connectivity index (χ1n) is 6.02. The highest BCUT2D eigenvalue weighted by atomic mass is 35.5. The SMILES string of the molecule is CCOP(CC(=O)c1ccc(OC)cc1Cl)OCC. The molecule has 19 heavy (non-hydrogen) atoms. The van der Waals surface area contributed by atoms with Crippen LogP contribution in [0.5, 0.6) is 5.75 Å². The first-order chi connectivity index (χ1) is 9.12. The molecule has 0 spiro atoms. The maximum absolute atomic E-state index is 12.2. The summed E-state index contributed by atoms with van der Waals surface area (Å²) < 4.78 is 15.9. The van der Waals surface area contributed by atoms with E-state index in [4.69, 9.17) is 25.4 Å². The third-order valence-corrected chi connectivity index (χ3v) is 4.25. The van der Waals surface area contributed by atoms with E-state index in [9.17, 15) is 4.79 Å². The molecule has 0 aliphatic carbocycles. The Labute approximate surface area is 119 Å². The molecular formula is C13H18ClO4P. The van der Waals surface area contributed by atoms with Crippen LogP contribution in [-0.2, 0) is 9.05 Å². The molecular weight excluding hydrogens is 287 g/mol. The van der Waals surface area contributed by atoms with Crippen molar-refractivity contribution in [3.8, 4) is 5.75 Å². The third-order valence-electron chi connectivity index (χ3n) is 2.30. The number of hydrogen-bond acceptors (Lipinski definition) is 4. The minimum absolute atomic E-state index is 0.0827. The van der Waals surface area contributed by atoms with E-state index in [-0.39, 0.29) is 11.9 Å². The second kappa shape index (κ2) is 8.49. The predicted octanol–water partition coefficient (Wildman–Crippen LogP) is 3.92. The lowest BCUT2D eigenvalue weighted by Gasteiger charge is -2.15. The van der Waals surface area contributed by atoms with E-state index in [0.717, 1.165) is 0 Å². The van der Waals surface area contributed by atoms with Gasteiger partial charge in [-0.05, 0) is 32.0 Å². The number of carbonyl (C=O) groups excluding carboxylic acids is 1. The molecule has 0 aromatic heterocycles. The molecule has 0 aliphatic heterocycles. The lowest BCUT2D eigenvalue weighted by atomic mass is 10.1. The Morgan fingerprint density at radius 3 is 2.37 bits per heavy atom. The molecule has 106 valence electrons. The summed E-state index contributed by atoms with van der Waals surface area (Å²) in [7, 11) is 0.365. The molecule has 0 unspecified atom stereocenters. The maximum atomic E-state index is 12.2. The van der Waals surface area contributed by atoms with Crippen LogP contribution in [0.2, 0.25) is 5.02 Å². The molecule has 0 radical (unpaired) electrons. The Kier molecular flexibility index (Phi) is 7.32. The van der Waals surface area contributed by atoms with E-state index >= 15 is 0 Å². The van der Waals surface area contributed by atoms with Crippen molar-refractivity contribution in [3.05, 3.63) is 28.8 Å². The summed E-state index contributed by atoms with van der Waals surface area (Å²) in [5.74, 6) is 0.541. The normalized spacial score (nSPS) is 10.8. The fourth-order valence-electron chi connectivity index (χ4n) is 1.47. The Hall–Kier alpha value is -0.670. The van der Waals surface area contributed by atoms with Crippen molar-refractivity contribution in [1.29, 1.82) is 0 Å². The summed E-state index contributed by atoms with van der Waals surface area (Å²) in [6.45, 7) is 4.79. The van der Waals surface area contributed by atoms with Gasteiger partial charge < -0.3 is 13.8 Å². The van der Waals surface area contributed by atoms with Gasteiger partial charge in [-0.1, -0.05) is 11.6 Å². The van der Waals surface area contributed by atoms with Crippen LogP contribution >= 0.6 is 20.0 Å². The van der Waals surface area contributed by atoms with Crippen molar-refractivity contribution < 1.29 is 18.6 Å². The average Bonchev–Trinajstić information content (AvgIpc) is 2.38. The van der Waals surface area contributed by atoms with Crippen molar-refractivity contribution in [2.45, 2.75) is 13.8 Å². The molecule has 0 aliphatic rings. The topological polar surface area (TPSA) is 44.8 Å². The van der Waals surface area contributed by atoms with Gasteiger partial charge in [0.25, 0.3) is 0 Å². The number of methoxy groups -OCH3 is 1. The smallest absolute Gasteiger partial charge is 0.178 e. The summed E-state index contributed by atoms with van der Waals surface area (Å²) >= 11 is 6.07. The van der Waals surface area contributed by atoms with Gasteiger partial charge in [-0.25, -0.2) is 0 Å². The Morgan fingerprint density at radius 2 is 1.89 bits per heavy atom. The maximum Gasteiger partial charge on any atom is 0.178 e. The van der Waals surface area contributed by atoms with Crippen LogP contribution in [-0.4, -0.2) is 32.3 Å². The monoisotopic (exact) mass is 304 g/mol. The number of benzene rings is 1. The number of Topliss-reactive ketones (excluding diaryl/α,β-unsaturated/α-hetero) is 1. The van der Waals surface area contributed by atoms with Gasteiger partial charge in [-0.2, -0.15) is 0 Å². The van der Waals surface area contributed by atoms with Gasteiger partial charge in [0.05, 0.1) is 31.5 Å². The van der Waals surface area contributed by atoms with Crippen molar-refractivity contribution in [3.63, 3.8) is 0 Å². The van der Waals surface area contributed by atoms with Crippen LogP contribution in [0.15, 0.2) is 18.2 Å². The first-order valence-corrected chi connectivity index (χ1v) is 7.76. The number of halogens is 1. The van der Waals surface area contributed by atoms with Gasteiger partial charge in [0.15, 0.2) is 14.2 Å². The highest BCUT2D eigenvalue weighted by Crippen LogP contribution is 2.39. The number of hydrogen-bond donors (Lipinski definition) is 0. The van der Waals surface area contributed by atoms with Gasteiger partial charge in [0, 0.05) is 5.56 Å². The standard InChI is InChI=1S/C13H18ClO4P/c1-4-17-19(18-5-2)9-13(15)11-7-6-10(16-3)8-12(11)14/h6-8H,4-5,9H2,1-3H3. The molecule has 6 heteroatoms. The minimum Gasteiger partial charge on any atom is -0.497 e. The Bertz CT molecular complexity index is 419. The molecule has 4 nitrogen and oxygen atoms in total. The molecule has 1 rings (SSSR count). The summed E-state index contributed by atoms with van der Waals surface area (Å²) in [4.78, 5) is 12.2. The number of carbonyl (C=O) groups is 1. The van der Waals surface area contributed by atoms with E-state index in [1.54, 1.807) is 25.3 Å². The van der Waals surface area contributed by atoms with E-state index < -0.39 is 8.38 Å². The summed E-state index contributed by atoms with van der Waals surface area (Å²) in [5, 5.41) is 0.382. The third kappa shape index (κ3) is 5.07. The van der Waals surface area contributed by atoms with Crippen LogP contribution < -0.4 is 4.74 Å². The zero-order chi connectivity index (χ0) is 14.3. The molecule has 0 saturated carbocycles. The highest BCUT2D eigenvalue weighted by Gasteiger charge is 2.18. The van der Waals surface area contributed by atoms with Crippen LogP contribution in [0.3, 0.4) is 0 Å². The molecule has 1 aromatic carbocycles.